The summed E-state index contributed by atoms with van der Waals surface area (Å²) >= 11 is 0. The topological polar surface area (TPSA) is 84.1 Å². The number of nitrogens with zero attached hydrogens (tertiary/aromatic N) is 3. The predicted octanol–water partition coefficient (Wildman–Crippen LogP) is 1.50. The van der Waals surface area contributed by atoms with Crippen molar-refractivity contribution in [1.29, 1.82) is 0 Å². The van der Waals surface area contributed by atoms with Crippen LogP contribution < -0.4 is 11.1 Å². The minimum Gasteiger partial charge on any atom is -0.368 e. The maximum atomic E-state index is 13.1. The van der Waals surface area contributed by atoms with Gasteiger partial charge in [-0.15, -0.1) is 0 Å². The molecule has 2 bridgehead atoms. The fraction of sp³-hybridized carbons (Fsp3) is 0.706. The molecule has 2 aliphatic heterocycles. The van der Waals surface area contributed by atoms with Gasteiger partial charge in [-0.2, -0.15) is 0 Å². The third-order valence-corrected chi connectivity index (χ3v) is 6.05. The minimum absolute atomic E-state index is 0.00692. The third kappa shape index (κ3) is 2.31. The third-order valence-electron chi connectivity index (χ3n) is 6.05. The first-order valence-corrected chi connectivity index (χ1v) is 8.65. The molecule has 3 heterocycles. The van der Waals surface area contributed by atoms with Gasteiger partial charge in [-0.25, -0.2) is 9.97 Å². The van der Waals surface area contributed by atoms with Crippen molar-refractivity contribution < 1.29 is 4.79 Å². The Morgan fingerprint density at radius 3 is 2.96 bits per heavy atom. The lowest BCUT2D eigenvalue weighted by Crippen LogP contribution is -2.55. The van der Waals surface area contributed by atoms with Gasteiger partial charge in [-0.1, -0.05) is 19.8 Å². The van der Waals surface area contributed by atoms with E-state index in [1.165, 1.54) is 25.7 Å². The zero-order chi connectivity index (χ0) is 16.2. The van der Waals surface area contributed by atoms with E-state index in [0.29, 0.717) is 23.8 Å². The Morgan fingerprint density at radius 1 is 1.39 bits per heavy atom. The summed E-state index contributed by atoms with van der Waals surface area (Å²) in [5.74, 6) is 0.184. The van der Waals surface area contributed by atoms with E-state index < -0.39 is 0 Å². The highest BCUT2D eigenvalue weighted by atomic mass is 16.2. The molecule has 1 saturated carbocycles. The molecule has 4 rings (SSSR count). The molecule has 4 atom stereocenters. The van der Waals surface area contributed by atoms with Crippen LogP contribution in [0, 0.1) is 12.3 Å². The molecular weight excluding hydrogens is 290 g/mol. The summed E-state index contributed by atoms with van der Waals surface area (Å²) in [6.07, 6.45) is 5.94. The van der Waals surface area contributed by atoms with Crippen molar-refractivity contribution in [2.45, 2.75) is 64.1 Å². The monoisotopic (exact) mass is 315 g/mol. The molecular formula is C17H25N5O. The number of likely N-dealkylation sites (tertiary alicyclic amines) is 1. The van der Waals surface area contributed by atoms with E-state index in [-0.39, 0.29) is 17.3 Å². The second kappa shape index (κ2) is 5.16. The summed E-state index contributed by atoms with van der Waals surface area (Å²) in [6, 6.07) is 2.99. The van der Waals surface area contributed by atoms with Crippen molar-refractivity contribution in [3.63, 3.8) is 0 Å². The Kier molecular flexibility index (Phi) is 3.34. The van der Waals surface area contributed by atoms with Crippen molar-refractivity contribution in [3.8, 4) is 0 Å². The van der Waals surface area contributed by atoms with Crippen LogP contribution in [0.25, 0.3) is 0 Å². The van der Waals surface area contributed by atoms with Gasteiger partial charge in [-0.3, -0.25) is 4.79 Å². The van der Waals surface area contributed by atoms with Crippen molar-refractivity contribution in [2.75, 3.05) is 12.3 Å². The summed E-state index contributed by atoms with van der Waals surface area (Å²) in [6.45, 7) is 4.98. The Hall–Kier alpha value is -1.69. The second-order valence-corrected chi connectivity index (χ2v) is 7.64. The van der Waals surface area contributed by atoms with E-state index in [1.807, 2.05) is 6.92 Å². The number of carbonyl (C=O) groups excluding carboxylic acids is 1. The van der Waals surface area contributed by atoms with E-state index in [1.54, 1.807) is 6.07 Å². The van der Waals surface area contributed by atoms with Crippen molar-refractivity contribution in [1.82, 2.24) is 20.2 Å². The highest BCUT2D eigenvalue weighted by molar-refractivity contribution is 5.93. The van der Waals surface area contributed by atoms with Crippen LogP contribution in [-0.4, -0.2) is 45.4 Å². The average Bonchev–Trinajstić information content (AvgIpc) is 2.65. The minimum atomic E-state index is 0.00692. The summed E-state index contributed by atoms with van der Waals surface area (Å²) in [5.41, 5.74) is 7.09. The maximum Gasteiger partial charge on any atom is 0.272 e. The Bertz CT molecular complexity index is 628. The van der Waals surface area contributed by atoms with Gasteiger partial charge in [0.1, 0.15) is 5.69 Å². The van der Waals surface area contributed by atoms with Gasteiger partial charge < -0.3 is 16.0 Å². The number of hydrogen-bond donors (Lipinski definition) is 2. The molecule has 0 unspecified atom stereocenters. The van der Waals surface area contributed by atoms with Crippen LogP contribution in [0.15, 0.2) is 6.07 Å². The van der Waals surface area contributed by atoms with Gasteiger partial charge in [0.15, 0.2) is 0 Å². The number of aromatic nitrogens is 2. The number of fused-ring (bicyclic) bond motifs is 1. The van der Waals surface area contributed by atoms with Gasteiger partial charge in [-0.05, 0) is 32.3 Å². The molecule has 0 spiro atoms. The number of nitrogens with two attached hydrogens (primary N) is 1. The van der Waals surface area contributed by atoms with Gasteiger partial charge in [0.25, 0.3) is 5.91 Å². The lowest BCUT2D eigenvalue weighted by molar-refractivity contribution is 0.0279. The lowest BCUT2D eigenvalue weighted by Gasteiger charge is -2.46. The normalized spacial score (nSPS) is 35.9. The van der Waals surface area contributed by atoms with Crippen LogP contribution in [0.2, 0.25) is 0 Å². The summed E-state index contributed by atoms with van der Waals surface area (Å²) in [7, 11) is 0. The predicted molar refractivity (Wildman–Crippen MR) is 87.9 cm³/mol. The molecule has 6 heteroatoms. The molecule has 1 aromatic rings. The van der Waals surface area contributed by atoms with Gasteiger partial charge in [0.2, 0.25) is 5.95 Å². The molecule has 124 valence electrons. The zero-order valence-electron chi connectivity index (χ0n) is 13.9. The quantitative estimate of drug-likeness (QED) is 0.820. The first kappa shape index (κ1) is 14.9. The molecule has 0 aromatic carbocycles. The Balaban J connectivity index is 1.69. The fourth-order valence-corrected chi connectivity index (χ4v) is 5.07. The van der Waals surface area contributed by atoms with E-state index >= 15 is 0 Å². The molecule has 1 aromatic heterocycles. The number of piperidine rings is 1. The summed E-state index contributed by atoms with van der Waals surface area (Å²) in [5, 5.41) is 3.77. The van der Waals surface area contributed by atoms with Crippen LogP contribution in [0.3, 0.4) is 0 Å². The number of carbonyl (C=O) groups is 1. The smallest absolute Gasteiger partial charge is 0.272 e. The zero-order valence-corrected chi connectivity index (χ0v) is 13.9. The number of rotatable bonds is 1. The Morgan fingerprint density at radius 2 is 2.17 bits per heavy atom. The first-order chi connectivity index (χ1) is 11.0. The molecule has 6 nitrogen and oxygen atoms in total. The molecule has 3 aliphatic rings. The number of anilines is 1. The van der Waals surface area contributed by atoms with E-state index in [9.17, 15) is 4.79 Å². The van der Waals surface area contributed by atoms with Gasteiger partial charge >= 0.3 is 0 Å². The van der Waals surface area contributed by atoms with Gasteiger partial charge in [0, 0.05) is 35.8 Å². The molecule has 3 fully saturated rings. The lowest BCUT2D eigenvalue weighted by atomic mass is 9.71. The molecule has 2 saturated heterocycles. The second-order valence-electron chi connectivity index (χ2n) is 7.64. The van der Waals surface area contributed by atoms with Crippen molar-refractivity contribution in [3.05, 3.63) is 17.5 Å². The Labute approximate surface area is 136 Å². The summed E-state index contributed by atoms with van der Waals surface area (Å²) in [4.78, 5) is 23.5. The number of aryl methyl sites for hydroxylation is 1. The highest BCUT2D eigenvalue weighted by Crippen LogP contribution is 2.49. The van der Waals surface area contributed by atoms with Crippen LogP contribution in [0.5, 0.6) is 0 Å². The number of hydrogen-bond acceptors (Lipinski definition) is 5. The van der Waals surface area contributed by atoms with Crippen molar-refractivity contribution >= 4 is 11.9 Å². The van der Waals surface area contributed by atoms with Crippen LogP contribution in [0.4, 0.5) is 5.95 Å². The van der Waals surface area contributed by atoms with E-state index in [4.69, 9.17) is 5.73 Å². The SMILES string of the molecule is Cc1cc(C(=O)N2C[C@@H]3C[C@@]4(C)[C@H](CCCC[C@@H]24)N3)nc(N)n1. The van der Waals surface area contributed by atoms with Crippen LogP contribution >= 0.6 is 0 Å². The van der Waals surface area contributed by atoms with E-state index in [0.717, 1.165) is 18.7 Å². The molecule has 23 heavy (non-hydrogen) atoms. The largest absolute Gasteiger partial charge is 0.368 e. The number of amides is 1. The summed E-state index contributed by atoms with van der Waals surface area (Å²) < 4.78 is 0. The molecule has 1 aliphatic carbocycles. The van der Waals surface area contributed by atoms with Crippen LogP contribution in [0.1, 0.15) is 55.2 Å². The standard InChI is InChI=1S/C17H25N5O/c1-10-7-12(21-16(18)19-10)15(23)22-9-11-8-17(2)13(20-11)5-3-4-6-14(17)22/h7,11,13-14,20H,3-6,8-9H2,1-2H3,(H2,18,19,21)/t11-,13-,14+,17-/m0/s1. The fourth-order valence-electron chi connectivity index (χ4n) is 5.07. The highest BCUT2D eigenvalue weighted by Gasteiger charge is 2.55. The first-order valence-electron chi connectivity index (χ1n) is 8.65. The maximum absolute atomic E-state index is 13.1. The molecule has 3 N–H and O–H groups in total. The number of nitrogens with one attached hydrogen (secondary N) is 1. The molecule has 1 amide bonds. The van der Waals surface area contributed by atoms with Crippen molar-refractivity contribution in [2.24, 2.45) is 5.41 Å². The number of nitrogen functional groups attached to an aromatic ring is 1. The molecule has 0 radical (unpaired) electrons. The average molecular weight is 315 g/mol. The van der Waals surface area contributed by atoms with Gasteiger partial charge in [0.05, 0.1) is 0 Å². The van der Waals surface area contributed by atoms with E-state index in [2.05, 4.69) is 27.1 Å². The van der Waals surface area contributed by atoms with Crippen LogP contribution in [-0.2, 0) is 0 Å².